The zero-order valence-electron chi connectivity index (χ0n) is 14.8. The Labute approximate surface area is 156 Å². The summed E-state index contributed by atoms with van der Waals surface area (Å²) in [6.45, 7) is 2.25. The molecule has 2 aromatic carbocycles. The number of para-hydroxylation sites is 1. The van der Waals surface area contributed by atoms with Gasteiger partial charge in [-0.15, -0.1) is 0 Å². The molecule has 0 saturated heterocycles. The van der Waals surface area contributed by atoms with Crippen molar-refractivity contribution in [2.24, 2.45) is 0 Å². The molecular formula is C20H19ClN2O3. The van der Waals surface area contributed by atoms with Crippen LogP contribution in [0, 0.1) is 6.92 Å². The summed E-state index contributed by atoms with van der Waals surface area (Å²) in [5, 5.41) is 3.90. The summed E-state index contributed by atoms with van der Waals surface area (Å²) < 4.78 is 5.74. The fraction of sp³-hybridized carbons (Fsp3) is 0.200. The topological polar surface area (TPSA) is 62.6 Å². The van der Waals surface area contributed by atoms with E-state index in [1.807, 2.05) is 31.2 Å². The smallest absolute Gasteiger partial charge is 0.289 e. The van der Waals surface area contributed by atoms with Gasteiger partial charge in [0.15, 0.2) is 11.3 Å². The molecule has 1 N–H and O–H groups in total. The Morgan fingerprint density at radius 1 is 1.15 bits per heavy atom. The number of aryl methyl sites for hydroxylation is 1. The molecule has 0 atom stereocenters. The quantitative estimate of drug-likeness (QED) is 0.754. The van der Waals surface area contributed by atoms with Crippen molar-refractivity contribution in [1.82, 2.24) is 10.2 Å². The van der Waals surface area contributed by atoms with Crippen LogP contribution in [0.3, 0.4) is 0 Å². The van der Waals surface area contributed by atoms with Crippen molar-refractivity contribution in [1.29, 1.82) is 0 Å². The average Bonchev–Trinajstić information content (AvgIpc) is 2.99. The number of rotatable bonds is 4. The Morgan fingerprint density at radius 2 is 1.85 bits per heavy atom. The van der Waals surface area contributed by atoms with Gasteiger partial charge in [0.05, 0.1) is 5.02 Å². The van der Waals surface area contributed by atoms with Crippen LogP contribution in [0.4, 0.5) is 0 Å². The molecule has 2 amide bonds. The number of carbonyl (C=O) groups is 2. The van der Waals surface area contributed by atoms with E-state index >= 15 is 0 Å². The lowest BCUT2D eigenvalue weighted by Gasteiger charge is -2.16. The molecule has 5 nitrogen and oxygen atoms in total. The summed E-state index contributed by atoms with van der Waals surface area (Å²) in [6, 6.07) is 12.6. The number of nitrogens with zero attached hydrogens (tertiary/aromatic N) is 1. The molecule has 6 heteroatoms. The summed E-state index contributed by atoms with van der Waals surface area (Å²) in [4.78, 5) is 26.0. The van der Waals surface area contributed by atoms with Crippen molar-refractivity contribution in [3.8, 4) is 0 Å². The Bertz CT molecular complexity index is 977. The van der Waals surface area contributed by atoms with Crippen LogP contribution in [0.15, 0.2) is 46.9 Å². The summed E-state index contributed by atoms with van der Waals surface area (Å²) in [5.41, 5.74) is 2.79. The first-order chi connectivity index (χ1) is 12.4. The fourth-order valence-corrected chi connectivity index (χ4v) is 3.05. The third kappa shape index (κ3) is 3.30. The van der Waals surface area contributed by atoms with E-state index < -0.39 is 0 Å². The maximum absolute atomic E-state index is 12.8. The van der Waals surface area contributed by atoms with E-state index in [4.69, 9.17) is 16.0 Å². The molecule has 134 valence electrons. The van der Waals surface area contributed by atoms with Crippen LogP contribution in [0.5, 0.6) is 0 Å². The fourth-order valence-electron chi connectivity index (χ4n) is 2.84. The Hall–Kier alpha value is -2.79. The number of fused-ring (bicyclic) bond motifs is 1. The molecule has 0 aliphatic rings. The molecule has 0 radical (unpaired) electrons. The van der Waals surface area contributed by atoms with Gasteiger partial charge >= 0.3 is 0 Å². The number of hydrogen-bond acceptors (Lipinski definition) is 3. The van der Waals surface area contributed by atoms with Gasteiger partial charge in [-0.05, 0) is 30.7 Å². The summed E-state index contributed by atoms with van der Waals surface area (Å²) >= 11 is 6.16. The first-order valence-electron chi connectivity index (χ1n) is 8.16. The van der Waals surface area contributed by atoms with E-state index in [1.165, 1.54) is 0 Å². The second-order valence-corrected chi connectivity index (χ2v) is 6.52. The SMILES string of the molecule is CNC(=O)c1ccc(CN(C)C(=O)c2oc3c(Cl)cccc3c2C)cc1. The molecule has 1 heterocycles. The average molecular weight is 371 g/mol. The largest absolute Gasteiger partial charge is 0.449 e. The number of benzene rings is 2. The van der Waals surface area contributed by atoms with Crippen molar-refractivity contribution in [2.75, 3.05) is 14.1 Å². The van der Waals surface area contributed by atoms with Crippen LogP contribution in [-0.4, -0.2) is 30.8 Å². The molecule has 0 aliphatic heterocycles. The Morgan fingerprint density at radius 3 is 2.46 bits per heavy atom. The molecule has 0 spiro atoms. The zero-order valence-corrected chi connectivity index (χ0v) is 15.6. The van der Waals surface area contributed by atoms with Gasteiger partial charge in [-0.1, -0.05) is 35.9 Å². The highest BCUT2D eigenvalue weighted by Crippen LogP contribution is 2.31. The lowest BCUT2D eigenvalue weighted by Crippen LogP contribution is -2.26. The van der Waals surface area contributed by atoms with E-state index in [0.29, 0.717) is 22.7 Å². The minimum absolute atomic E-state index is 0.143. The number of halogens is 1. The van der Waals surface area contributed by atoms with Crippen LogP contribution >= 0.6 is 11.6 Å². The van der Waals surface area contributed by atoms with Gasteiger partial charge in [0.2, 0.25) is 0 Å². The van der Waals surface area contributed by atoms with Crippen molar-refractivity contribution in [2.45, 2.75) is 13.5 Å². The van der Waals surface area contributed by atoms with Gasteiger partial charge in [-0.25, -0.2) is 0 Å². The monoisotopic (exact) mass is 370 g/mol. The van der Waals surface area contributed by atoms with Crippen molar-refractivity contribution < 1.29 is 14.0 Å². The van der Waals surface area contributed by atoms with E-state index in [2.05, 4.69) is 5.32 Å². The highest BCUT2D eigenvalue weighted by atomic mass is 35.5. The van der Waals surface area contributed by atoms with Gasteiger partial charge in [0, 0.05) is 37.2 Å². The maximum Gasteiger partial charge on any atom is 0.289 e. The second-order valence-electron chi connectivity index (χ2n) is 6.11. The normalized spacial score (nSPS) is 10.8. The molecule has 0 fully saturated rings. The Balaban J connectivity index is 1.81. The number of furan rings is 1. The summed E-state index contributed by atoms with van der Waals surface area (Å²) in [6.07, 6.45) is 0. The minimum Gasteiger partial charge on any atom is -0.449 e. The molecule has 26 heavy (non-hydrogen) atoms. The third-order valence-electron chi connectivity index (χ3n) is 4.32. The van der Waals surface area contributed by atoms with Gasteiger partial charge in [-0.2, -0.15) is 0 Å². The summed E-state index contributed by atoms with van der Waals surface area (Å²) in [7, 11) is 3.30. The van der Waals surface area contributed by atoms with Gasteiger partial charge < -0.3 is 14.6 Å². The predicted molar refractivity (Wildman–Crippen MR) is 102 cm³/mol. The van der Waals surface area contributed by atoms with Crippen LogP contribution in [0.25, 0.3) is 11.0 Å². The first-order valence-corrected chi connectivity index (χ1v) is 8.54. The molecule has 0 aliphatic carbocycles. The number of hydrogen-bond donors (Lipinski definition) is 1. The maximum atomic E-state index is 12.8. The van der Waals surface area contributed by atoms with Gasteiger partial charge in [0.1, 0.15) is 0 Å². The molecule has 1 aromatic heterocycles. The number of carbonyl (C=O) groups excluding carboxylic acids is 2. The number of amides is 2. The van der Waals surface area contributed by atoms with Crippen molar-refractivity contribution in [3.63, 3.8) is 0 Å². The van der Waals surface area contributed by atoms with Crippen LogP contribution in [0.1, 0.15) is 32.0 Å². The van der Waals surface area contributed by atoms with Gasteiger partial charge in [0.25, 0.3) is 11.8 Å². The second kappa shape index (κ2) is 7.22. The van der Waals surface area contributed by atoms with E-state index in [0.717, 1.165) is 16.5 Å². The van der Waals surface area contributed by atoms with Crippen LogP contribution in [0.2, 0.25) is 5.02 Å². The van der Waals surface area contributed by atoms with E-state index in [9.17, 15) is 9.59 Å². The lowest BCUT2D eigenvalue weighted by atomic mass is 10.1. The third-order valence-corrected chi connectivity index (χ3v) is 4.62. The molecule has 3 aromatic rings. The summed E-state index contributed by atoms with van der Waals surface area (Å²) in [5.74, 6) is -0.0708. The van der Waals surface area contributed by atoms with Crippen LogP contribution < -0.4 is 5.32 Å². The predicted octanol–water partition coefficient (Wildman–Crippen LogP) is 4.03. The molecule has 3 rings (SSSR count). The van der Waals surface area contributed by atoms with Crippen LogP contribution in [-0.2, 0) is 6.54 Å². The van der Waals surface area contributed by atoms with Crippen molar-refractivity contribution >= 4 is 34.4 Å². The molecule has 0 unspecified atom stereocenters. The highest BCUT2D eigenvalue weighted by Gasteiger charge is 2.22. The lowest BCUT2D eigenvalue weighted by molar-refractivity contribution is 0.0754. The van der Waals surface area contributed by atoms with Crippen molar-refractivity contribution in [3.05, 3.63) is 69.9 Å². The number of nitrogens with one attached hydrogen (secondary N) is 1. The Kier molecular flexibility index (Phi) is 5.00. The standard InChI is InChI=1S/C20H19ClN2O3/c1-12-15-5-4-6-16(21)18(15)26-17(12)20(25)23(3)11-13-7-9-14(10-8-13)19(24)22-2/h4-10H,11H2,1-3H3,(H,22,24). The molecular weight excluding hydrogens is 352 g/mol. The van der Waals surface area contributed by atoms with E-state index in [1.54, 1.807) is 37.2 Å². The first kappa shape index (κ1) is 18.0. The minimum atomic E-state index is -0.217. The zero-order chi connectivity index (χ0) is 18.8. The molecule has 0 saturated carbocycles. The molecule has 0 bridgehead atoms. The highest BCUT2D eigenvalue weighted by molar-refractivity contribution is 6.35. The van der Waals surface area contributed by atoms with E-state index in [-0.39, 0.29) is 17.6 Å². The van der Waals surface area contributed by atoms with Gasteiger partial charge in [-0.3, -0.25) is 9.59 Å².